The second-order valence-corrected chi connectivity index (χ2v) is 8.51. The Labute approximate surface area is 208 Å². The zero-order chi connectivity index (χ0) is 26.5. The maximum Gasteiger partial charge on any atom is 0.416 e. The first-order chi connectivity index (χ1) is 17.6. The van der Waals surface area contributed by atoms with Gasteiger partial charge in [0.15, 0.2) is 0 Å². The van der Waals surface area contributed by atoms with E-state index in [1.807, 2.05) is 0 Å². The van der Waals surface area contributed by atoms with Crippen molar-refractivity contribution in [2.24, 2.45) is 0 Å². The van der Waals surface area contributed by atoms with E-state index in [1.54, 1.807) is 31.2 Å². The molecule has 37 heavy (non-hydrogen) atoms. The Morgan fingerprint density at radius 1 is 1.16 bits per heavy atom. The summed E-state index contributed by atoms with van der Waals surface area (Å²) >= 11 is 0. The van der Waals surface area contributed by atoms with E-state index in [2.05, 4.69) is 11.1 Å². The van der Waals surface area contributed by atoms with Gasteiger partial charge >= 0.3 is 6.18 Å². The van der Waals surface area contributed by atoms with Crippen LogP contribution < -0.4 is 9.47 Å². The van der Waals surface area contributed by atoms with E-state index in [0.717, 1.165) is 12.1 Å². The molecular formula is C27H19F4N3O3. The molecule has 2 aromatic heterocycles. The Hall–Kier alpha value is -4.36. The van der Waals surface area contributed by atoms with Crippen LogP contribution in [-0.2, 0) is 12.8 Å². The van der Waals surface area contributed by atoms with Gasteiger partial charge in [-0.25, -0.2) is 4.39 Å². The van der Waals surface area contributed by atoms with E-state index in [1.165, 1.54) is 29.8 Å². The Kier molecular flexibility index (Phi) is 5.88. The number of alkyl halides is 3. The summed E-state index contributed by atoms with van der Waals surface area (Å²) < 4.78 is 65.9. The van der Waals surface area contributed by atoms with Crippen molar-refractivity contribution >= 4 is 11.2 Å². The monoisotopic (exact) mass is 509 g/mol. The molecular weight excluding hydrogens is 490 g/mol. The lowest BCUT2D eigenvalue weighted by Crippen LogP contribution is -2.09. The van der Waals surface area contributed by atoms with Crippen LogP contribution in [0.3, 0.4) is 0 Å². The molecule has 6 nitrogen and oxygen atoms in total. The minimum absolute atomic E-state index is 0.0261. The van der Waals surface area contributed by atoms with Crippen LogP contribution in [-0.4, -0.2) is 21.6 Å². The number of hydrogen-bond acceptors (Lipinski definition) is 5. The van der Waals surface area contributed by atoms with Crippen LogP contribution in [0.4, 0.5) is 17.6 Å². The number of methoxy groups -OCH3 is 1. The summed E-state index contributed by atoms with van der Waals surface area (Å²) in [6.07, 6.45) is -4.69. The number of nitriles is 1. The number of imidazole rings is 1. The molecule has 2 aromatic carbocycles. The number of fused-ring (bicyclic) bond motifs is 3. The zero-order valence-electron chi connectivity index (χ0n) is 19.6. The van der Waals surface area contributed by atoms with Gasteiger partial charge in [0.2, 0.25) is 5.88 Å². The van der Waals surface area contributed by atoms with Gasteiger partial charge in [-0.05, 0) is 53.9 Å². The normalized spacial score (nSPS) is 15.2. The van der Waals surface area contributed by atoms with Gasteiger partial charge < -0.3 is 14.6 Å². The van der Waals surface area contributed by atoms with Crippen molar-refractivity contribution in [2.75, 3.05) is 7.11 Å². The average Bonchev–Trinajstić information content (AvgIpc) is 3.17. The lowest BCUT2D eigenvalue weighted by Gasteiger charge is -2.16. The van der Waals surface area contributed by atoms with Crippen LogP contribution in [0.1, 0.15) is 46.5 Å². The van der Waals surface area contributed by atoms with Crippen LogP contribution in [0, 0.1) is 17.1 Å². The molecule has 1 N–H and O–H groups in total. The number of benzene rings is 2. The van der Waals surface area contributed by atoms with E-state index in [-0.39, 0.29) is 29.6 Å². The molecule has 0 saturated heterocycles. The maximum atomic E-state index is 13.9. The molecule has 188 valence electrons. The summed E-state index contributed by atoms with van der Waals surface area (Å²) in [5.41, 5.74) is 2.49. The number of aliphatic hydroxyl groups excluding tert-OH is 1. The third kappa shape index (κ3) is 4.17. The summed E-state index contributed by atoms with van der Waals surface area (Å²) in [4.78, 5) is 4.11. The van der Waals surface area contributed by atoms with Crippen molar-refractivity contribution in [1.82, 2.24) is 9.38 Å². The molecule has 1 unspecified atom stereocenters. The molecule has 0 bridgehead atoms. The first-order valence-corrected chi connectivity index (χ1v) is 11.1. The fraction of sp³-hybridized carbons (Fsp3) is 0.185. The van der Waals surface area contributed by atoms with E-state index >= 15 is 0 Å². The molecule has 0 spiro atoms. The van der Waals surface area contributed by atoms with Crippen molar-refractivity contribution in [1.29, 1.82) is 5.26 Å². The van der Waals surface area contributed by atoms with E-state index in [0.29, 0.717) is 33.4 Å². The highest BCUT2D eigenvalue weighted by molar-refractivity contribution is 5.88. The molecule has 0 aliphatic carbocycles. The van der Waals surface area contributed by atoms with E-state index in [9.17, 15) is 27.9 Å². The van der Waals surface area contributed by atoms with Crippen LogP contribution in [0.25, 0.3) is 11.2 Å². The minimum Gasteiger partial charge on any atom is -0.488 e. The maximum absolute atomic E-state index is 13.9. The Balaban J connectivity index is 1.62. The number of halogens is 4. The second-order valence-electron chi connectivity index (χ2n) is 8.51. The van der Waals surface area contributed by atoms with Gasteiger partial charge in [0.1, 0.15) is 35.6 Å². The molecule has 5 rings (SSSR count). The fourth-order valence-electron chi connectivity index (χ4n) is 4.50. The highest BCUT2D eigenvalue weighted by atomic mass is 19.4. The van der Waals surface area contributed by atoms with Crippen LogP contribution in [0.5, 0.6) is 11.6 Å². The quantitative estimate of drug-likeness (QED) is 0.278. The highest BCUT2D eigenvalue weighted by Gasteiger charge is 2.32. The topological polar surface area (TPSA) is 79.8 Å². The molecule has 0 fully saturated rings. The minimum atomic E-state index is -4.55. The number of aromatic nitrogens is 2. The summed E-state index contributed by atoms with van der Waals surface area (Å²) in [6.45, 7) is 1.69. The third-order valence-electron chi connectivity index (χ3n) is 6.26. The van der Waals surface area contributed by atoms with Crippen LogP contribution in [0.2, 0.25) is 0 Å². The molecule has 3 heterocycles. The molecule has 0 radical (unpaired) electrons. The van der Waals surface area contributed by atoms with Gasteiger partial charge in [-0.3, -0.25) is 4.40 Å². The number of allylic oxidation sites excluding steroid dienone is 1. The lowest BCUT2D eigenvalue weighted by atomic mass is 9.89. The Morgan fingerprint density at radius 2 is 1.92 bits per heavy atom. The molecule has 1 atom stereocenters. The SMILES string of the molecule is COc1nc2cc(C(F)(F)F)ccn2c1C(O)c1ccc2c(c1)COc1cc(F)ccc1C2=C(C)C#N. The largest absolute Gasteiger partial charge is 0.488 e. The number of nitrogens with zero attached hydrogens (tertiary/aromatic N) is 3. The standard InChI is InChI=1S/C27H19F4N3O3/c1-14(12-32)23-19-5-3-15(9-16(19)13-37-21-11-18(28)4-6-20(21)23)25(35)24-26(36-2)33-22-10-17(27(29,30)31)7-8-34(22)24/h3-11,25,35H,13H2,1-2H3. The number of ether oxygens (including phenoxy) is 2. The first kappa shape index (κ1) is 24.3. The van der Waals surface area contributed by atoms with Crippen LogP contribution >= 0.6 is 0 Å². The lowest BCUT2D eigenvalue weighted by molar-refractivity contribution is -0.137. The second kappa shape index (κ2) is 8.94. The van der Waals surface area contributed by atoms with Crippen molar-refractivity contribution in [2.45, 2.75) is 25.8 Å². The smallest absolute Gasteiger partial charge is 0.416 e. The van der Waals surface area contributed by atoms with Gasteiger partial charge in [-0.15, -0.1) is 0 Å². The summed E-state index contributed by atoms with van der Waals surface area (Å²) in [5, 5.41) is 20.9. The molecule has 1 aliphatic heterocycles. The highest BCUT2D eigenvalue weighted by Crippen LogP contribution is 2.41. The van der Waals surface area contributed by atoms with Gasteiger partial charge in [-0.1, -0.05) is 12.1 Å². The summed E-state index contributed by atoms with van der Waals surface area (Å²) in [6, 6.07) is 13.1. The number of rotatable bonds is 3. The molecule has 0 amide bonds. The number of hydrogen-bond donors (Lipinski definition) is 1. The summed E-state index contributed by atoms with van der Waals surface area (Å²) in [7, 11) is 1.31. The predicted molar refractivity (Wildman–Crippen MR) is 125 cm³/mol. The molecule has 1 aliphatic rings. The van der Waals surface area contributed by atoms with Gasteiger partial charge in [0, 0.05) is 29.0 Å². The van der Waals surface area contributed by atoms with Gasteiger partial charge in [0.05, 0.1) is 18.7 Å². The third-order valence-corrected chi connectivity index (χ3v) is 6.26. The predicted octanol–water partition coefficient (Wildman–Crippen LogP) is 5.82. The Morgan fingerprint density at radius 3 is 2.62 bits per heavy atom. The average molecular weight is 509 g/mol. The van der Waals surface area contributed by atoms with Crippen molar-refractivity contribution in [3.8, 4) is 17.7 Å². The van der Waals surface area contributed by atoms with Gasteiger partial charge in [-0.2, -0.15) is 23.4 Å². The molecule has 4 aromatic rings. The molecule has 0 saturated carbocycles. The molecule has 10 heteroatoms. The van der Waals surface area contributed by atoms with Crippen molar-refractivity contribution in [3.05, 3.63) is 99.6 Å². The fourth-order valence-corrected chi connectivity index (χ4v) is 4.50. The van der Waals surface area contributed by atoms with Crippen LogP contribution in [0.15, 0.2) is 60.3 Å². The van der Waals surface area contributed by atoms with E-state index in [4.69, 9.17) is 9.47 Å². The van der Waals surface area contributed by atoms with Gasteiger partial charge in [0.25, 0.3) is 0 Å². The van der Waals surface area contributed by atoms with E-state index < -0.39 is 23.7 Å². The summed E-state index contributed by atoms with van der Waals surface area (Å²) in [5.74, 6) is -0.225. The number of pyridine rings is 1. The Bertz CT molecular complexity index is 1620. The number of aliphatic hydroxyl groups is 1. The van der Waals surface area contributed by atoms with Crippen molar-refractivity contribution < 1.29 is 32.1 Å². The van der Waals surface area contributed by atoms with Crippen molar-refractivity contribution in [3.63, 3.8) is 0 Å². The zero-order valence-corrected chi connectivity index (χ0v) is 19.6. The first-order valence-electron chi connectivity index (χ1n) is 11.1.